The van der Waals surface area contributed by atoms with Crippen molar-refractivity contribution in [2.24, 2.45) is 0 Å². The SMILES string of the molecule is O=C(OCc1ccccc1)N1CC=C(c2ccc3c(c2)OCO3)CC1. The molecule has 128 valence electrons. The highest BCUT2D eigenvalue weighted by Gasteiger charge is 2.21. The minimum Gasteiger partial charge on any atom is -0.454 e. The van der Waals surface area contributed by atoms with Gasteiger partial charge in [-0.25, -0.2) is 4.79 Å². The summed E-state index contributed by atoms with van der Waals surface area (Å²) in [7, 11) is 0. The van der Waals surface area contributed by atoms with Crippen molar-refractivity contribution < 1.29 is 19.0 Å². The van der Waals surface area contributed by atoms with Crippen molar-refractivity contribution in [3.63, 3.8) is 0 Å². The van der Waals surface area contributed by atoms with Crippen molar-refractivity contribution >= 4 is 11.7 Å². The fraction of sp³-hybridized carbons (Fsp3) is 0.250. The number of carbonyl (C=O) groups is 1. The van der Waals surface area contributed by atoms with Gasteiger partial charge in [-0.2, -0.15) is 0 Å². The normalized spacial score (nSPS) is 15.7. The Labute approximate surface area is 146 Å². The third-order valence-electron chi connectivity index (χ3n) is 4.42. The molecule has 0 radical (unpaired) electrons. The molecule has 2 aliphatic rings. The van der Waals surface area contributed by atoms with Crippen LogP contribution >= 0.6 is 0 Å². The lowest BCUT2D eigenvalue weighted by Gasteiger charge is -2.26. The summed E-state index contributed by atoms with van der Waals surface area (Å²) in [5.41, 5.74) is 3.32. The molecule has 1 amide bonds. The molecule has 5 heteroatoms. The van der Waals surface area contributed by atoms with Crippen LogP contribution in [-0.4, -0.2) is 30.9 Å². The highest BCUT2D eigenvalue weighted by Crippen LogP contribution is 2.35. The summed E-state index contributed by atoms with van der Waals surface area (Å²) in [6.45, 7) is 1.78. The summed E-state index contributed by atoms with van der Waals surface area (Å²) in [5.74, 6) is 1.56. The number of hydrogen-bond donors (Lipinski definition) is 0. The second kappa shape index (κ2) is 6.89. The smallest absolute Gasteiger partial charge is 0.410 e. The summed E-state index contributed by atoms with van der Waals surface area (Å²) in [5, 5.41) is 0. The van der Waals surface area contributed by atoms with Gasteiger partial charge in [-0.15, -0.1) is 0 Å². The van der Waals surface area contributed by atoms with Gasteiger partial charge >= 0.3 is 6.09 Å². The van der Waals surface area contributed by atoms with Crippen LogP contribution < -0.4 is 9.47 Å². The van der Waals surface area contributed by atoms with Crippen molar-refractivity contribution in [2.75, 3.05) is 19.9 Å². The lowest BCUT2D eigenvalue weighted by atomic mass is 9.99. The molecule has 4 rings (SSSR count). The van der Waals surface area contributed by atoms with E-state index in [0.717, 1.165) is 29.0 Å². The maximum atomic E-state index is 12.2. The van der Waals surface area contributed by atoms with Crippen LogP contribution in [0.25, 0.3) is 5.57 Å². The molecular weight excluding hydrogens is 318 g/mol. The zero-order valence-corrected chi connectivity index (χ0v) is 13.8. The highest BCUT2D eigenvalue weighted by molar-refractivity contribution is 5.73. The molecule has 0 saturated heterocycles. The monoisotopic (exact) mass is 337 g/mol. The van der Waals surface area contributed by atoms with Crippen LogP contribution in [0.15, 0.2) is 54.6 Å². The Kier molecular flexibility index (Phi) is 4.29. The van der Waals surface area contributed by atoms with E-state index in [1.54, 1.807) is 4.90 Å². The minimum absolute atomic E-state index is 0.273. The van der Waals surface area contributed by atoms with Gasteiger partial charge in [-0.05, 0) is 35.3 Å². The van der Waals surface area contributed by atoms with E-state index < -0.39 is 0 Å². The van der Waals surface area contributed by atoms with E-state index in [9.17, 15) is 4.79 Å². The molecule has 25 heavy (non-hydrogen) atoms. The molecule has 2 aromatic carbocycles. The number of amides is 1. The zero-order valence-electron chi connectivity index (χ0n) is 13.8. The number of nitrogens with zero attached hydrogens (tertiary/aromatic N) is 1. The van der Waals surface area contributed by atoms with E-state index >= 15 is 0 Å². The molecule has 5 nitrogen and oxygen atoms in total. The third kappa shape index (κ3) is 3.45. The molecule has 0 N–H and O–H groups in total. The van der Waals surface area contributed by atoms with Gasteiger partial charge in [0.15, 0.2) is 11.5 Å². The number of fused-ring (bicyclic) bond motifs is 1. The van der Waals surface area contributed by atoms with E-state index in [2.05, 4.69) is 6.08 Å². The van der Waals surface area contributed by atoms with E-state index in [0.29, 0.717) is 19.7 Å². The van der Waals surface area contributed by atoms with E-state index in [1.807, 2.05) is 48.5 Å². The van der Waals surface area contributed by atoms with Crippen LogP contribution in [0.5, 0.6) is 11.5 Å². The highest BCUT2D eigenvalue weighted by atomic mass is 16.7. The van der Waals surface area contributed by atoms with Gasteiger partial charge in [0.25, 0.3) is 0 Å². The van der Waals surface area contributed by atoms with E-state index in [-0.39, 0.29) is 12.9 Å². The first-order chi connectivity index (χ1) is 12.3. The average molecular weight is 337 g/mol. The fourth-order valence-electron chi connectivity index (χ4n) is 3.00. The van der Waals surface area contributed by atoms with Crippen LogP contribution in [0.4, 0.5) is 4.79 Å². The maximum Gasteiger partial charge on any atom is 0.410 e. The third-order valence-corrected chi connectivity index (χ3v) is 4.42. The first-order valence-corrected chi connectivity index (χ1v) is 8.34. The molecule has 0 saturated carbocycles. The zero-order chi connectivity index (χ0) is 17.1. The Morgan fingerprint density at radius 1 is 1.08 bits per heavy atom. The summed E-state index contributed by atoms with van der Waals surface area (Å²) >= 11 is 0. The van der Waals surface area contributed by atoms with Crippen molar-refractivity contribution in [3.8, 4) is 11.5 Å². The largest absolute Gasteiger partial charge is 0.454 e. The molecule has 0 spiro atoms. The molecule has 2 heterocycles. The van der Waals surface area contributed by atoms with Gasteiger partial charge < -0.3 is 19.1 Å². The second-order valence-corrected chi connectivity index (χ2v) is 6.03. The van der Waals surface area contributed by atoms with Crippen molar-refractivity contribution in [2.45, 2.75) is 13.0 Å². The van der Waals surface area contributed by atoms with Crippen molar-refractivity contribution in [3.05, 3.63) is 65.7 Å². The van der Waals surface area contributed by atoms with Gasteiger partial charge in [-0.3, -0.25) is 0 Å². The molecule has 0 bridgehead atoms. The second-order valence-electron chi connectivity index (χ2n) is 6.03. The lowest BCUT2D eigenvalue weighted by Crippen LogP contribution is -2.35. The Morgan fingerprint density at radius 2 is 1.92 bits per heavy atom. The number of benzene rings is 2. The van der Waals surface area contributed by atoms with Gasteiger partial charge in [-0.1, -0.05) is 42.5 Å². The molecular formula is C20H19NO4. The van der Waals surface area contributed by atoms with Gasteiger partial charge in [0.1, 0.15) is 6.61 Å². The molecule has 2 aliphatic heterocycles. The van der Waals surface area contributed by atoms with E-state index in [1.165, 1.54) is 5.57 Å². The van der Waals surface area contributed by atoms with Crippen LogP contribution in [0.2, 0.25) is 0 Å². The number of carbonyl (C=O) groups excluding carboxylic acids is 1. The quantitative estimate of drug-likeness (QED) is 0.854. The Balaban J connectivity index is 1.36. The Bertz CT molecular complexity index is 801. The molecule has 0 fully saturated rings. The fourth-order valence-corrected chi connectivity index (χ4v) is 3.00. The predicted octanol–water partition coefficient (Wildman–Crippen LogP) is 3.84. The summed E-state index contributed by atoms with van der Waals surface area (Å²) in [4.78, 5) is 13.9. The minimum atomic E-state index is -0.273. The number of ether oxygens (including phenoxy) is 3. The summed E-state index contributed by atoms with van der Waals surface area (Å²) < 4.78 is 16.2. The van der Waals surface area contributed by atoms with Crippen molar-refractivity contribution in [1.29, 1.82) is 0 Å². The van der Waals surface area contributed by atoms with Gasteiger partial charge in [0.05, 0.1) is 0 Å². The molecule has 0 atom stereocenters. The summed E-state index contributed by atoms with van der Waals surface area (Å²) in [6, 6.07) is 15.7. The van der Waals surface area contributed by atoms with Gasteiger partial charge in [0, 0.05) is 13.1 Å². The first kappa shape index (κ1) is 15.6. The predicted molar refractivity (Wildman–Crippen MR) is 93.4 cm³/mol. The van der Waals surface area contributed by atoms with E-state index in [4.69, 9.17) is 14.2 Å². The number of hydrogen-bond acceptors (Lipinski definition) is 4. The average Bonchev–Trinajstić information content (AvgIpc) is 3.15. The molecule has 0 aliphatic carbocycles. The first-order valence-electron chi connectivity index (χ1n) is 8.34. The Hall–Kier alpha value is -2.95. The van der Waals surface area contributed by atoms with Crippen LogP contribution in [0.1, 0.15) is 17.5 Å². The molecule has 0 aromatic heterocycles. The topological polar surface area (TPSA) is 48.0 Å². The molecule has 0 unspecified atom stereocenters. The van der Waals surface area contributed by atoms with Crippen LogP contribution in [0, 0.1) is 0 Å². The van der Waals surface area contributed by atoms with Crippen LogP contribution in [0.3, 0.4) is 0 Å². The van der Waals surface area contributed by atoms with Crippen molar-refractivity contribution in [1.82, 2.24) is 4.90 Å². The molecule has 2 aromatic rings. The summed E-state index contributed by atoms with van der Waals surface area (Å²) in [6.07, 6.45) is 2.59. The lowest BCUT2D eigenvalue weighted by molar-refractivity contribution is 0.0998. The Morgan fingerprint density at radius 3 is 2.72 bits per heavy atom. The number of rotatable bonds is 3. The standard InChI is InChI=1S/C20H19NO4/c22-20(23-13-15-4-2-1-3-5-15)21-10-8-16(9-11-21)17-6-7-18-19(12-17)25-14-24-18/h1-8,12H,9-11,13-14H2. The van der Waals surface area contributed by atoms with Gasteiger partial charge in [0.2, 0.25) is 6.79 Å². The van der Waals surface area contributed by atoms with Crippen LogP contribution in [-0.2, 0) is 11.3 Å². The maximum absolute atomic E-state index is 12.2.